The van der Waals surface area contributed by atoms with E-state index >= 15 is 0 Å². The van der Waals surface area contributed by atoms with Crippen molar-refractivity contribution in [3.63, 3.8) is 0 Å². The molecule has 2 saturated carbocycles. The van der Waals surface area contributed by atoms with E-state index in [4.69, 9.17) is 9.47 Å². The van der Waals surface area contributed by atoms with E-state index in [-0.39, 0.29) is 0 Å². The summed E-state index contributed by atoms with van der Waals surface area (Å²) in [5, 5.41) is 0. The smallest absolute Gasteiger partial charge is 0.434 e. The predicted octanol–water partition coefficient (Wildman–Crippen LogP) is 1.96. The summed E-state index contributed by atoms with van der Waals surface area (Å²) in [6.07, 6.45) is 4.34. The van der Waals surface area contributed by atoms with Crippen LogP contribution in [-0.2, 0) is 9.47 Å². The van der Waals surface area contributed by atoms with Crippen LogP contribution >= 0.6 is 0 Å². The van der Waals surface area contributed by atoms with Crippen molar-refractivity contribution in [2.75, 3.05) is 13.2 Å². The second-order valence-corrected chi connectivity index (χ2v) is 3.76. The van der Waals surface area contributed by atoms with Crippen LogP contribution in [0.3, 0.4) is 0 Å². The third-order valence-electron chi connectivity index (χ3n) is 2.27. The summed E-state index contributed by atoms with van der Waals surface area (Å²) < 4.78 is 9.77. The number of hydrogen-bond donors (Lipinski definition) is 0. The van der Waals surface area contributed by atoms with E-state index in [9.17, 15) is 4.79 Å². The van der Waals surface area contributed by atoms with Gasteiger partial charge in [0.15, 0.2) is 0 Å². The molecule has 0 heterocycles. The zero-order valence-electron chi connectivity index (χ0n) is 7.12. The Morgan fingerprint density at radius 3 is 1.75 bits per heavy atom. The highest BCUT2D eigenvalue weighted by molar-refractivity contribution is 5.59. The lowest BCUT2D eigenvalue weighted by Gasteiger charge is -2.03. The molecular formula is C9H14O3. The lowest BCUT2D eigenvalue weighted by atomic mass is 10.5. The Labute approximate surface area is 72.0 Å². The Kier molecular flexibility index (Phi) is 2.19. The fourth-order valence-corrected chi connectivity index (χ4v) is 0.982. The van der Waals surface area contributed by atoms with E-state index in [1.807, 2.05) is 0 Å². The average molecular weight is 170 g/mol. The summed E-state index contributed by atoms with van der Waals surface area (Å²) in [6.45, 7) is 1.12. The van der Waals surface area contributed by atoms with E-state index < -0.39 is 6.16 Å². The number of hydrogen-bond acceptors (Lipinski definition) is 3. The van der Waals surface area contributed by atoms with E-state index in [0.717, 1.165) is 0 Å². The highest BCUT2D eigenvalue weighted by Crippen LogP contribution is 2.30. The number of ether oxygens (including phenoxy) is 2. The maximum Gasteiger partial charge on any atom is 0.508 e. The number of rotatable bonds is 4. The van der Waals surface area contributed by atoms with Gasteiger partial charge in [-0.1, -0.05) is 0 Å². The van der Waals surface area contributed by atoms with E-state index in [2.05, 4.69) is 0 Å². The van der Waals surface area contributed by atoms with E-state index in [1.54, 1.807) is 0 Å². The van der Waals surface area contributed by atoms with Crippen molar-refractivity contribution in [1.29, 1.82) is 0 Å². The van der Waals surface area contributed by atoms with Gasteiger partial charge in [-0.2, -0.15) is 0 Å². The first-order valence-corrected chi connectivity index (χ1v) is 4.64. The van der Waals surface area contributed by atoms with Gasteiger partial charge in [0.05, 0.1) is 13.2 Å². The molecule has 0 amide bonds. The Morgan fingerprint density at radius 2 is 1.42 bits per heavy atom. The van der Waals surface area contributed by atoms with Gasteiger partial charge in [-0.25, -0.2) is 4.79 Å². The second kappa shape index (κ2) is 3.33. The zero-order chi connectivity index (χ0) is 8.39. The van der Waals surface area contributed by atoms with E-state index in [1.165, 1.54) is 25.7 Å². The maximum atomic E-state index is 10.9. The van der Waals surface area contributed by atoms with Crippen LogP contribution < -0.4 is 0 Å². The molecule has 3 heteroatoms. The van der Waals surface area contributed by atoms with Crippen LogP contribution in [0, 0.1) is 11.8 Å². The van der Waals surface area contributed by atoms with Gasteiger partial charge in [0, 0.05) is 0 Å². The zero-order valence-corrected chi connectivity index (χ0v) is 7.12. The molecule has 0 atom stereocenters. The number of carbonyl (C=O) groups is 1. The molecule has 0 aliphatic heterocycles. The van der Waals surface area contributed by atoms with Gasteiger partial charge in [-0.3, -0.25) is 0 Å². The van der Waals surface area contributed by atoms with Crippen LogP contribution in [0.4, 0.5) is 4.79 Å². The first kappa shape index (κ1) is 7.90. The van der Waals surface area contributed by atoms with Crippen molar-refractivity contribution < 1.29 is 14.3 Å². The average Bonchev–Trinajstić information content (AvgIpc) is 2.89. The molecule has 68 valence electrons. The van der Waals surface area contributed by atoms with Gasteiger partial charge in [0.1, 0.15) is 0 Å². The van der Waals surface area contributed by atoms with Crippen molar-refractivity contribution in [3.05, 3.63) is 0 Å². The molecule has 0 unspecified atom stereocenters. The molecule has 0 radical (unpaired) electrons. The molecule has 2 rings (SSSR count). The fraction of sp³-hybridized carbons (Fsp3) is 0.889. The molecule has 0 bridgehead atoms. The molecule has 0 aromatic heterocycles. The number of carbonyl (C=O) groups excluding carboxylic acids is 1. The van der Waals surface area contributed by atoms with Crippen LogP contribution in [0.1, 0.15) is 25.7 Å². The van der Waals surface area contributed by atoms with Crippen molar-refractivity contribution in [2.24, 2.45) is 11.8 Å². The summed E-state index contributed by atoms with van der Waals surface area (Å²) in [5.74, 6) is 1.25. The SMILES string of the molecule is O=C(OCC1CC1)OCC1CC1. The summed E-state index contributed by atoms with van der Waals surface area (Å²) in [5.41, 5.74) is 0. The van der Waals surface area contributed by atoms with Crippen molar-refractivity contribution >= 4 is 6.16 Å². The Bertz CT molecular complexity index is 153. The summed E-state index contributed by atoms with van der Waals surface area (Å²) in [4.78, 5) is 10.9. The molecule has 0 aromatic rings. The minimum Gasteiger partial charge on any atom is -0.434 e. The molecule has 2 fully saturated rings. The molecular weight excluding hydrogens is 156 g/mol. The molecule has 0 spiro atoms. The van der Waals surface area contributed by atoms with Gasteiger partial charge >= 0.3 is 6.16 Å². The quantitative estimate of drug-likeness (QED) is 0.605. The maximum absolute atomic E-state index is 10.9. The van der Waals surface area contributed by atoms with Crippen LogP contribution in [0.2, 0.25) is 0 Å². The van der Waals surface area contributed by atoms with Crippen LogP contribution in [-0.4, -0.2) is 19.4 Å². The highest BCUT2D eigenvalue weighted by Gasteiger charge is 2.25. The predicted molar refractivity (Wildman–Crippen MR) is 42.7 cm³/mol. The fourth-order valence-electron chi connectivity index (χ4n) is 0.982. The van der Waals surface area contributed by atoms with Gasteiger partial charge < -0.3 is 9.47 Å². The largest absolute Gasteiger partial charge is 0.508 e. The molecule has 12 heavy (non-hydrogen) atoms. The third kappa shape index (κ3) is 2.72. The van der Waals surface area contributed by atoms with Gasteiger partial charge in [0.25, 0.3) is 0 Å². The van der Waals surface area contributed by atoms with Crippen LogP contribution in [0.25, 0.3) is 0 Å². The minimum absolute atomic E-state index is 0.478. The molecule has 0 N–H and O–H groups in total. The van der Waals surface area contributed by atoms with Crippen LogP contribution in [0.5, 0.6) is 0 Å². The first-order valence-electron chi connectivity index (χ1n) is 4.64. The molecule has 0 aromatic carbocycles. The van der Waals surface area contributed by atoms with Crippen molar-refractivity contribution in [2.45, 2.75) is 25.7 Å². The lowest BCUT2D eigenvalue weighted by molar-refractivity contribution is 0.0490. The molecule has 2 aliphatic carbocycles. The summed E-state index contributed by atoms with van der Waals surface area (Å²) >= 11 is 0. The standard InChI is InChI=1S/C9H14O3/c10-9(11-5-7-1-2-7)12-6-8-3-4-8/h7-8H,1-6H2. The van der Waals surface area contributed by atoms with Crippen molar-refractivity contribution in [3.8, 4) is 0 Å². The molecule has 0 saturated heterocycles. The Morgan fingerprint density at radius 1 is 1.00 bits per heavy atom. The third-order valence-corrected chi connectivity index (χ3v) is 2.27. The molecule has 2 aliphatic rings. The highest BCUT2D eigenvalue weighted by atomic mass is 16.7. The Balaban J connectivity index is 1.50. The van der Waals surface area contributed by atoms with Crippen molar-refractivity contribution in [1.82, 2.24) is 0 Å². The van der Waals surface area contributed by atoms with Crippen LogP contribution in [0.15, 0.2) is 0 Å². The normalized spacial score (nSPS) is 22.0. The van der Waals surface area contributed by atoms with E-state index in [0.29, 0.717) is 25.0 Å². The molecule has 3 nitrogen and oxygen atoms in total. The second-order valence-electron chi connectivity index (χ2n) is 3.76. The Hall–Kier alpha value is -0.730. The van der Waals surface area contributed by atoms with Gasteiger partial charge in [-0.05, 0) is 37.5 Å². The monoisotopic (exact) mass is 170 g/mol. The van der Waals surface area contributed by atoms with Gasteiger partial charge in [0.2, 0.25) is 0 Å². The summed E-state index contributed by atoms with van der Waals surface area (Å²) in [7, 11) is 0. The minimum atomic E-state index is -0.478. The van der Waals surface area contributed by atoms with Gasteiger partial charge in [-0.15, -0.1) is 0 Å². The lowest BCUT2D eigenvalue weighted by Crippen LogP contribution is -2.10. The summed E-state index contributed by atoms with van der Waals surface area (Å²) in [6, 6.07) is 0. The topological polar surface area (TPSA) is 35.5 Å². The first-order chi connectivity index (χ1) is 5.84.